The summed E-state index contributed by atoms with van der Waals surface area (Å²) >= 11 is 0. The third kappa shape index (κ3) is 11.3. The third-order valence-electron chi connectivity index (χ3n) is 5.06. The Morgan fingerprint density at radius 2 is 1.40 bits per heavy atom. The highest BCUT2D eigenvalue weighted by Gasteiger charge is 2.12. The van der Waals surface area contributed by atoms with Crippen molar-refractivity contribution in [3.8, 4) is 11.5 Å². The fourth-order valence-electron chi connectivity index (χ4n) is 3.10. The first kappa shape index (κ1) is 32.7. The maximum Gasteiger partial charge on any atom is 0.336 e. The molecule has 2 aromatic heterocycles. The summed E-state index contributed by atoms with van der Waals surface area (Å²) in [5.74, 6) is -1.81. The van der Waals surface area contributed by atoms with Gasteiger partial charge in [0.2, 0.25) is 5.91 Å². The second-order valence-electron chi connectivity index (χ2n) is 8.43. The Hall–Kier alpha value is -5.53. The van der Waals surface area contributed by atoms with Gasteiger partial charge in [-0.2, -0.15) is 0 Å². The van der Waals surface area contributed by atoms with Crippen molar-refractivity contribution in [1.82, 2.24) is 4.81 Å². The zero-order valence-electron chi connectivity index (χ0n) is 22.5. The number of esters is 1. The largest absolute Gasteiger partial charge is 0.508 e. The Morgan fingerprint density at radius 1 is 0.857 bits per heavy atom. The normalized spacial score (nSPS) is 9.86. The van der Waals surface area contributed by atoms with E-state index in [1.165, 1.54) is 38.1 Å². The second-order valence-corrected chi connectivity index (χ2v) is 8.43. The van der Waals surface area contributed by atoms with Crippen molar-refractivity contribution in [3.05, 3.63) is 81.5 Å². The molecule has 2 heterocycles. The summed E-state index contributed by atoms with van der Waals surface area (Å²) in [5.41, 5.74) is -0.118. The topological polar surface area (TPSA) is 199 Å². The SMILES string of the molecule is CC(=O)CCC(=O)Oc1ccc2ccc(=O)oc2c1.CC(=O)N([B]C=O)CC(=O)O.O=c1ccc2ccc(O)cc2o1. The maximum atomic E-state index is 11.5. The Labute approximate surface area is 238 Å². The summed E-state index contributed by atoms with van der Waals surface area (Å²) in [5, 5.41) is 18.8. The van der Waals surface area contributed by atoms with E-state index >= 15 is 0 Å². The summed E-state index contributed by atoms with van der Waals surface area (Å²) in [7, 11) is 0.885. The molecule has 0 aliphatic heterocycles. The van der Waals surface area contributed by atoms with E-state index in [1.807, 2.05) is 0 Å². The molecule has 0 bridgehead atoms. The van der Waals surface area contributed by atoms with Gasteiger partial charge >= 0.3 is 30.6 Å². The minimum absolute atomic E-state index is 0.0338. The predicted molar refractivity (Wildman–Crippen MR) is 150 cm³/mol. The highest BCUT2D eigenvalue weighted by Crippen LogP contribution is 2.20. The number of amides is 1. The van der Waals surface area contributed by atoms with Crippen LogP contribution in [0.3, 0.4) is 0 Å². The lowest BCUT2D eigenvalue weighted by Gasteiger charge is -2.13. The van der Waals surface area contributed by atoms with Crippen LogP contribution in [0.4, 0.5) is 0 Å². The van der Waals surface area contributed by atoms with Crippen LogP contribution in [0.5, 0.6) is 11.5 Å². The lowest BCUT2D eigenvalue weighted by Crippen LogP contribution is -2.37. The Morgan fingerprint density at radius 3 is 1.93 bits per heavy atom. The van der Waals surface area contributed by atoms with Crippen LogP contribution in [-0.4, -0.2) is 58.8 Å². The fraction of sp³-hybridized carbons (Fsp3) is 0.179. The smallest absolute Gasteiger partial charge is 0.336 e. The number of carbonyl (C=O) groups excluding carboxylic acids is 4. The lowest BCUT2D eigenvalue weighted by atomic mass is 9.94. The molecule has 4 aromatic rings. The molecule has 0 fully saturated rings. The Kier molecular flexibility index (Phi) is 12.4. The molecule has 0 spiro atoms. The number of aliphatic carboxylic acids is 1. The monoisotopic (exact) mass is 578 g/mol. The van der Waals surface area contributed by atoms with Gasteiger partial charge in [0.05, 0.1) is 6.42 Å². The zero-order chi connectivity index (χ0) is 31.2. The van der Waals surface area contributed by atoms with Crippen molar-refractivity contribution in [3.63, 3.8) is 0 Å². The molecule has 42 heavy (non-hydrogen) atoms. The van der Waals surface area contributed by atoms with Crippen molar-refractivity contribution in [2.75, 3.05) is 6.54 Å². The number of phenolic OH excluding ortho intramolecular Hbond substituents is 1. The van der Waals surface area contributed by atoms with Crippen molar-refractivity contribution in [2.45, 2.75) is 26.7 Å². The fourth-order valence-corrected chi connectivity index (χ4v) is 3.10. The van der Waals surface area contributed by atoms with E-state index in [4.69, 9.17) is 23.8 Å². The molecule has 217 valence electrons. The van der Waals surface area contributed by atoms with Crippen LogP contribution < -0.4 is 16.0 Å². The third-order valence-corrected chi connectivity index (χ3v) is 5.06. The van der Waals surface area contributed by atoms with Gasteiger partial charge in [0.15, 0.2) is 0 Å². The number of hydrogen-bond acceptors (Lipinski definition) is 11. The van der Waals surface area contributed by atoms with Crippen LogP contribution >= 0.6 is 0 Å². The molecule has 0 aliphatic rings. The number of ketones is 1. The van der Waals surface area contributed by atoms with Crippen molar-refractivity contribution < 1.29 is 47.8 Å². The highest BCUT2D eigenvalue weighted by atomic mass is 16.5. The number of benzene rings is 2. The van der Waals surface area contributed by atoms with E-state index in [0.717, 1.165) is 23.0 Å². The predicted octanol–water partition coefficient (Wildman–Crippen LogP) is 2.30. The minimum atomic E-state index is -1.15. The Bertz CT molecular complexity index is 1710. The van der Waals surface area contributed by atoms with E-state index in [1.54, 1.807) is 36.4 Å². The average Bonchev–Trinajstić information content (AvgIpc) is 2.91. The molecular formula is C28H25BNO12. The van der Waals surface area contributed by atoms with Gasteiger partial charge < -0.3 is 38.2 Å². The van der Waals surface area contributed by atoms with E-state index in [2.05, 4.69) is 0 Å². The molecule has 0 saturated heterocycles. The number of fused-ring (bicyclic) bond motifs is 2. The first-order valence-corrected chi connectivity index (χ1v) is 12.1. The first-order valence-electron chi connectivity index (χ1n) is 12.1. The number of rotatable bonds is 8. The van der Waals surface area contributed by atoms with Crippen molar-refractivity contribution in [1.29, 1.82) is 0 Å². The van der Waals surface area contributed by atoms with Gasteiger partial charge in [0.1, 0.15) is 41.2 Å². The van der Waals surface area contributed by atoms with Gasteiger partial charge in [-0.1, -0.05) is 0 Å². The number of Topliss-reactive ketones (excluding diaryl/α,β-unsaturated/α-hetero) is 1. The van der Waals surface area contributed by atoms with Gasteiger partial charge in [0.25, 0.3) is 0 Å². The average molecular weight is 578 g/mol. The number of hydrogen-bond donors (Lipinski definition) is 2. The van der Waals surface area contributed by atoms with Crippen LogP contribution in [0.2, 0.25) is 0 Å². The molecular weight excluding hydrogens is 553 g/mol. The summed E-state index contributed by atoms with van der Waals surface area (Å²) in [6.07, 6.45) is 0.554. The number of carboxylic acid groups (broad SMARTS) is 1. The molecule has 14 heteroatoms. The molecule has 0 atom stereocenters. The van der Waals surface area contributed by atoms with Gasteiger partial charge in [-0.15, -0.1) is 0 Å². The van der Waals surface area contributed by atoms with E-state index < -0.39 is 35.6 Å². The standard InChI is InChI=1S/C14H12O5.C9H6O3.C5H7BNO4/c1-9(15)2-6-13(16)18-11-5-3-10-4-7-14(17)19-12(10)8-11;10-7-3-1-6-2-4-9(11)12-8(6)5-7;1-4(9)7(6-3-8)2-5(10)11/h3-5,7-8H,2,6H2,1H3;1-5,10H;3H,2H2,1H3,(H,10,11). The van der Waals surface area contributed by atoms with Crippen LogP contribution in [0.15, 0.2) is 79.1 Å². The summed E-state index contributed by atoms with van der Waals surface area (Å²) in [6.45, 7) is 2.12. The van der Waals surface area contributed by atoms with Crippen LogP contribution in [0, 0.1) is 0 Å². The van der Waals surface area contributed by atoms with Crippen LogP contribution in [-0.2, 0) is 24.0 Å². The number of phenols is 1. The summed E-state index contributed by atoms with van der Waals surface area (Å²) in [4.78, 5) is 75.3. The molecule has 0 aliphatic carbocycles. The summed E-state index contributed by atoms with van der Waals surface area (Å²) < 4.78 is 14.9. The molecule has 1 amide bonds. The van der Waals surface area contributed by atoms with Gasteiger partial charge in [0, 0.05) is 48.4 Å². The number of aromatic hydroxyl groups is 1. The second kappa shape index (κ2) is 15.9. The number of carboxylic acids is 1. The highest BCUT2D eigenvalue weighted by molar-refractivity contribution is 6.66. The Balaban J connectivity index is 0.000000233. The number of carbonyl (C=O) groups is 5. The molecule has 2 N–H and O–H groups in total. The van der Waals surface area contributed by atoms with Crippen LogP contribution in [0.25, 0.3) is 21.9 Å². The van der Waals surface area contributed by atoms with Gasteiger partial charge in [-0.05, 0) is 43.3 Å². The first-order chi connectivity index (χ1) is 19.9. The van der Waals surface area contributed by atoms with E-state index in [0.29, 0.717) is 17.4 Å². The molecule has 0 unspecified atom stereocenters. The van der Waals surface area contributed by atoms with Crippen molar-refractivity contribution >= 4 is 59.2 Å². The molecule has 0 saturated carbocycles. The lowest BCUT2D eigenvalue weighted by molar-refractivity contribution is -0.140. The van der Waals surface area contributed by atoms with Gasteiger partial charge in [-0.25, -0.2) is 9.59 Å². The summed E-state index contributed by atoms with van der Waals surface area (Å²) in [6, 6.07) is 15.4. The van der Waals surface area contributed by atoms with Crippen molar-refractivity contribution in [2.24, 2.45) is 0 Å². The number of nitrogens with zero attached hydrogens (tertiary/aromatic N) is 1. The minimum Gasteiger partial charge on any atom is -0.508 e. The van der Waals surface area contributed by atoms with E-state index in [-0.39, 0.29) is 30.1 Å². The van der Waals surface area contributed by atoms with Crippen LogP contribution in [0.1, 0.15) is 26.7 Å². The quantitative estimate of drug-likeness (QED) is 0.102. The maximum absolute atomic E-state index is 11.5. The van der Waals surface area contributed by atoms with Gasteiger partial charge in [-0.3, -0.25) is 14.4 Å². The molecule has 4 rings (SSSR count). The molecule has 2 aromatic carbocycles. The molecule has 13 nitrogen and oxygen atoms in total. The number of ether oxygens (including phenoxy) is 1. The van der Waals surface area contributed by atoms with E-state index in [9.17, 15) is 33.6 Å². The zero-order valence-corrected chi connectivity index (χ0v) is 22.5. The molecule has 1 radical (unpaired) electrons.